The Labute approximate surface area is 371 Å². The minimum atomic E-state index is -1.97. The first kappa shape index (κ1) is 36.5. The first-order valence-corrected chi connectivity index (χ1v) is 25.5. The molecular formula is C59H37N2PSe. The number of imidazole rings is 1. The molecule has 0 N–H and O–H groups in total. The second-order valence-corrected chi connectivity index (χ2v) is 22.8. The summed E-state index contributed by atoms with van der Waals surface area (Å²) in [5.74, 6) is 0. The van der Waals surface area contributed by atoms with Crippen LogP contribution in [0.5, 0.6) is 0 Å². The van der Waals surface area contributed by atoms with Gasteiger partial charge in [-0.1, -0.05) is 78.9 Å². The van der Waals surface area contributed by atoms with Crippen LogP contribution < -0.4 is 15.9 Å². The molecule has 0 amide bonds. The zero-order chi connectivity index (χ0) is 41.6. The zero-order valence-corrected chi connectivity index (χ0v) is 36.7. The van der Waals surface area contributed by atoms with Crippen molar-refractivity contribution in [3.05, 3.63) is 224 Å². The molecule has 13 aromatic rings. The van der Waals surface area contributed by atoms with Gasteiger partial charge in [-0.3, -0.25) is 4.40 Å². The van der Waals surface area contributed by atoms with Gasteiger partial charge in [0.05, 0.1) is 16.6 Å². The van der Waals surface area contributed by atoms with Crippen LogP contribution >= 0.6 is 5.51 Å². The van der Waals surface area contributed by atoms with Gasteiger partial charge in [0.2, 0.25) is 0 Å². The van der Waals surface area contributed by atoms with Crippen molar-refractivity contribution in [2.45, 2.75) is 0 Å². The Morgan fingerprint density at radius 3 is 1.71 bits per heavy atom. The van der Waals surface area contributed by atoms with E-state index in [9.17, 15) is 0 Å². The van der Waals surface area contributed by atoms with E-state index in [1.54, 1.807) is 0 Å². The van der Waals surface area contributed by atoms with E-state index in [1.165, 1.54) is 92.0 Å². The van der Waals surface area contributed by atoms with Crippen molar-refractivity contribution >= 4 is 118 Å². The predicted octanol–water partition coefficient (Wildman–Crippen LogP) is 14.1. The van der Waals surface area contributed by atoms with Gasteiger partial charge in [0, 0.05) is 10.8 Å². The standard InChI is InChI=1S/C59H37N2PSe/c63-62(45-15-3-1-4-16-45,46-17-5-2-6-18-46)47-28-31-51-43(35-47)23-22-42-34-40(25-29-50(42)51)41-27-33-56-54(36-41)58-52-20-10-8-13-39(52)24-30-53(58)59-60-55-32-26-44(37-57(55)61(56)59)49-21-11-14-38-12-7-9-19-48(38)49/h1-37H. The first-order chi connectivity index (χ1) is 31.1. The molecule has 2 nitrogen and oxygen atoms in total. The van der Waals surface area contributed by atoms with Crippen LogP contribution in [0.3, 0.4) is 0 Å². The molecule has 0 saturated heterocycles. The third-order valence-electron chi connectivity index (χ3n) is 13.2. The van der Waals surface area contributed by atoms with Crippen LogP contribution in [0.25, 0.3) is 104 Å². The molecule has 13 rings (SSSR count). The van der Waals surface area contributed by atoms with Gasteiger partial charge < -0.3 is 0 Å². The van der Waals surface area contributed by atoms with Gasteiger partial charge >= 0.3 is 202 Å². The van der Waals surface area contributed by atoms with Crippen LogP contribution in [-0.2, 0) is 0 Å². The Morgan fingerprint density at radius 1 is 0.349 bits per heavy atom. The average Bonchev–Trinajstić information content (AvgIpc) is 3.75. The summed E-state index contributed by atoms with van der Waals surface area (Å²) in [4.78, 5) is 5.35. The molecule has 0 bridgehead atoms. The van der Waals surface area contributed by atoms with Crippen LogP contribution in [0, 0.1) is 0 Å². The summed E-state index contributed by atoms with van der Waals surface area (Å²) in [6, 6.07) is 82.8. The Balaban J connectivity index is 0.985. The molecule has 0 radical (unpaired) electrons. The molecule has 2 heterocycles. The van der Waals surface area contributed by atoms with E-state index in [0.29, 0.717) is 0 Å². The molecule has 2 aromatic heterocycles. The van der Waals surface area contributed by atoms with Gasteiger partial charge in [0.15, 0.2) is 0 Å². The molecule has 0 atom stereocenters. The molecule has 0 unspecified atom stereocenters. The molecule has 0 fully saturated rings. The quantitative estimate of drug-likeness (QED) is 0.0956. The molecule has 0 spiro atoms. The van der Waals surface area contributed by atoms with E-state index in [-0.39, 0.29) is 0 Å². The van der Waals surface area contributed by atoms with Crippen LogP contribution in [0.2, 0.25) is 0 Å². The number of hydrogen-bond donors (Lipinski definition) is 0. The Hall–Kier alpha value is -7.12. The first-order valence-electron chi connectivity index (χ1n) is 21.5. The summed E-state index contributed by atoms with van der Waals surface area (Å²) >= 11 is 3.74. The number of benzene rings is 11. The van der Waals surface area contributed by atoms with Gasteiger partial charge in [-0.15, -0.1) is 0 Å². The maximum absolute atomic E-state index is 5.35. The number of aromatic nitrogens is 2. The molecule has 0 saturated carbocycles. The fourth-order valence-corrected chi connectivity index (χ4v) is 15.1. The molecule has 63 heavy (non-hydrogen) atoms. The number of rotatable bonds is 5. The fourth-order valence-electron chi connectivity index (χ4n) is 10.2. The van der Waals surface area contributed by atoms with Crippen molar-refractivity contribution in [1.29, 1.82) is 0 Å². The molecule has 11 aromatic carbocycles. The predicted molar refractivity (Wildman–Crippen MR) is 273 cm³/mol. The SMILES string of the molecule is [Se]=P(c1ccccc1)(c1ccccc1)c1ccc2c(ccc3cc(-c4ccc5c(c4)c4c6ccccc6ccc4c4nc6ccc(-c7cccc8ccccc78)cc6n54)ccc32)c1. The summed E-state index contributed by atoms with van der Waals surface area (Å²) in [6.07, 6.45) is 0. The van der Waals surface area contributed by atoms with Crippen molar-refractivity contribution in [3.63, 3.8) is 0 Å². The average molecular weight is 884 g/mol. The van der Waals surface area contributed by atoms with Crippen molar-refractivity contribution in [2.75, 3.05) is 0 Å². The molecule has 294 valence electrons. The number of nitrogens with zero attached hydrogens (tertiary/aromatic N) is 2. The third kappa shape index (κ3) is 5.64. The van der Waals surface area contributed by atoms with E-state index in [0.717, 1.165) is 27.6 Å². The molecule has 0 aliphatic carbocycles. The van der Waals surface area contributed by atoms with Gasteiger partial charge in [0.1, 0.15) is 5.65 Å². The molecule has 0 aliphatic rings. The second kappa shape index (κ2) is 14.2. The number of fused-ring (bicyclic) bond motifs is 14. The van der Waals surface area contributed by atoms with Crippen LogP contribution in [-0.4, -0.2) is 24.5 Å². The number of hydrogen-bond acceptors (Lipinski definition) is 1. The zero-order valence-electron chi connectivity index (χ0n) is 34.1. The summed E-state index contributed by atoms with van der Waals surface area (Å²) < 4.78 is 2.39. The van der Waals surface area contributed by atoms with Crippen LogP contribution in [0.4, 0.5) is 0 Å². The van der Waals surface area contributed by atoms with Gasteiger partial charge in [-0.05, 0) is 50.9 Å². The van der Waals surface area contributed by atoms with Crippen molar-refractivity contribution < 1.29 is 0 Å². The van der Waals surface area contributed by atoms with Crippen LogP contribution in [0.15, 0.2) is 224 Å². The Kier molecular flexibility index (Phi) is 8.24. The second-order valence-electron chi connectivity index (χ2n) is 16.6. The Morgan fingerprint density at radius 2 is 0.937 bits per heavy atom. The molecule has 0 aliphatic heterocycles. The van der Waals surface area contributed by atoms with Crippen molar-refractivity contribution in [2.24, 2.45) is 0 Å². The van der Waals surface area contributed by atoms with E-state index < -0.39 is 5.51 Å². The van der Waals surface area contributed by atoms with Gasteiger partial charge in [0.25, 0.3) is 0 Å². The van der Waals surface area contributed by atoms with Gasteiger partial charge in [-0.2, -0.15) is 0 Å². The molecule has 4 heteroatoms. The summed E-state index contributed by atoms with van der Waals surface area (Å²) in [5.41, 5.74) is 7.06. The van der Waals surface area contributed by atoms with E-state index >= 15 is 0 Å². The summed E-state index contributed by atoms with van der Waals surface area (Å²) in [6.45, 7) is 0. The van der Waals surface area contributed by atoms with Crippen molar-refractivity contribution in [1.82, 2.24) is 9.38 Å². The molecular weight excluding hydrogens is 847 g/mol. The minimum absolute atomic E-state index is 0.981. The van der Waals surface area contributed by atoms with E-state index in [1.807, 2.05) is 0 Å². The topological polar surface area (TPSA) is 17.3 Å². The van der Waals surface area contributed by atoms with Crippen LogP contribution in [0.1, 0.15) is 0 Å². The van der Waals surface area contributed by atoms with E-state index in [4.69, 9.17) is 4.98 Å². The summed E-state index contributed by atoms with van der Waals surface area (Å²) in [7, 11) is 0. The Bertz CT molecular complexity index is 4010. The monoisotopic (exact) mass is 884 g/mol. The van der Waals surface area contributed by atoms with Crippen molar-refractivity contribution in [3.8, 4) is 22.3 Å². The maximum atomic E-state index is 5.35. The summed E-state index contributed by atoms with van der Waals surface area (Å²) in [5, 5.41) is 17.6. The number of pyridine rings is 1. The third-order valence-corrected chi connectivity index (χ3v) is 20.2. The normalized spacial score (nSPS) is 12.2. The van der Waals surface area contributed by atoms with Gasteiger partial charge in [-0.25, -0.2) is 4.98 Å². The fraction of sp³-hybridized carbons (Fsp3) is 0. The van der Waals surface area contributed by atoms with E-state index in [2.05, 4.69) is 244 Å².